The van der Waals surface area contributed by atoms with Gasteiger partial charge in [0.2, 0.25) is 4.84 Å². The summed E-state index contributed by atoms with van der Waals surface area (Å²) in [5.74, 6) is -1.21. The Labute approximate surface area is 61.3 Å². The SMILES string of the molecule is O=C(O)C(Cl)Cl.[Mn]. The fourth-order valence-electron chi connectivity index (χ4n) is 0. The molecule has 0 aliphatic rings. The van der Waals surface area contributed by atoms with Gasteiger partial charge >= 0.3 is 5.97 Å². The zero-order chi connectivity index (χ0) is 5.15. The predicted molar refractivity (Wildman–Crippen MR) is 23.1 cm³/mol. The van der Waals surface area contributed by atoms with E-state index in [4.69, 9.17) is 28.3 Å². The molecular weight excluding hydrogens is 182 g/mol. The summed E-state index contributed by atoms with van der Waals surface area (Å²) in [5, 5.41) is 7.73. The Hall–Kier alpha value is 0.569. The fourth-order valence-corrected chi connectivity index (χ4v) is 0. The number of aliphatic carboxylic acids is 1. The van der Waals surface area contributed by atoms with Gasteiger partial charge in [0.1, 0.15) is 0 Å². The van der Waals surface area contributed by atoms with Gasteiger partial charge in [-0.25, -0.2) is 4.79 Å². The summed E-state index contributed by atoms with van der Waals surface area (Å²) < 4.78 is 0. The monoisotopic (exact) mass is 183 g/mol. The number of alkyl halides is 2. The van der Waals surface area contributed by atoms with Gasteiger partial charge in [0, 0.05) is 17.1 Å². The Morgan fingerprint density at radius 3 is 1.71 bits per heavy atom. The van der Waals surface area contributed by atoms with Crippen molar-refractivity contribution < 1.29 is 27.0 Å². The van der Waals surface area contributed by atoms with Crippen LogP contribution < -0.4 is 0 Å². The van der Waals surface area contributed by atoms with E-state index >= 15 is 0 Å². The van der Waals surface area contributed by atoms with E-state index in [1.165, 1.54) is 0 Å². The minimum atomic E-state index is -1.29. The maximum atomic E-state index is 9.44. The number of carboxylic acids is 1. The molecule has 0 saturated carbocycles. The van der Waals surface area contributed by atoms with Gasteiger partial charge in [-0.2, -0.15) is 0 Å². The Morgan fingerprint density at radius 1 is 1.57 bits per heavy atom. The van der Waals surface area contributed by atoms with Crippen molar-refractivity contribution in [1.29, 1.82) is 0 Å². The van der Waals surface area contributed by atoms with E-state index in [-0.39, 0.29) is 17.1 Å². The van der Waals surface area contributed by atoms with Crippen LogP contribution in [0.1, 0.15) is 0 Å². The number of hydrogen-bond acceptors (Lipinski definition) is 1. The van der Waals surface area contributed by atoms with Crippen molar-refractivity contribution in [3.8, 4) is 0 Å². The molecule has 0 heterocycles. The third kappa shape index (κ3) is 6.57. The van der Waals surface area contributed by atoms with E-state index < -0.39 is 10.8 Å². The van der Waals surface area contributed by atoms with E-state index in [1.807, 2.05) is 0 Å². The van der Waals surface area contributed by atoms with Gasteiger partial charge in [0.15, 0.2) is 0 Å². The number of carboxylic acid groups (broad SMARTS) is 1. The predicted octanol–water partition coefficient (Wildman–Crippen LogP) is 0.872. The molecule has 0 atom stereocenters. The van der Waals surface area contributed by atoms with Crippen molar-refractivity contribution >= 4 is 29.2 Å². The Morgan fingerprint density at radius 2 is 1.71 bits per heavy atom. The molecule has 1 N–H and O–H groups in total. The zero-order valence-corrected chi connectivity index (χ0v) is 5.76. The molecule has 0 bridgehead atoms. The summed E-state index contributed by atoms with van der Waals surface area (Å²) in [5.41, 5.74) is 0. The summed E-state index contributed by atoms with van der Waals surface area (Å²) in [6.07, 6.45) is 0. The standard InChI is InChI=1S/C2H2Cl2O2.Mn/c3-1(4)2(5)6;/h1H,(H,5,6);. The van der Waals surface area contributed by atoms with Gasteiger partial charge in [0.25, 0.3) is 0 Å². The van der Waals surface area contributed by atoms with Crippen molar-refractivity contribution in [3.05, 3.63) is 0 Å². The molecule has 0 aromatic rings. The smallest absolute Gasteiger partial charge is 0.337 e. The average Bonchev–Trinajstić information content (AvgIpc) is 1.36. The van der Waals surface area contributed by atoms with Crippen LogP contribution in [0.2, 0.25) is 0 Å². The van der Waals surface area contributed by atoms with E-state index in [0.29, 0.717) is 0 Å². The van der Waals surface area contributed by atoms with Crippen molar-refractivity contribution in [2.75, 3.05) is 0 Å². The molecule has 1 radical (unpaired) electrons. The zero-order valence-electron chi connectivity index (χ0n) is 3.07. The Kier molecular flexibility index (Phi) is 7.10. The number of hydrogen-bond donors (Lipinski definition) is 1. The molecular formula is C2H2Cl2MnO2. The van der Waals surface area contributed by atoms with Crippen LogP contribution in [0, 0.1) is 0 Å². The summed E-state index contributed by atoms with van der Waals surface area (Å²) >= 11 is 9.56. The maximum absolute atomic E-state index is 9.44. The summed E-state index contributed by atoms with van der Waals surface area (Å²) in [7, 11) is 0. The molecule has 0 aliphatic heterocycles. The van der Waals surface area contributed by atoms with E-state index in [0.717, 1.165) is 0 Å². The average molecular weight is 184 g/mol. The molecule has 0 unspecified atom stereocenters. The van der Waals surface area contributed by atoms with Crippen LogP contribution >= 0.6 is 23.2 Å². The van der Waals surface area contributed by atoms with Crippen LogP contribution in [0.5, 0.6) is 0 Å². The Balaban J connectivity index is 0. The molecule has 0 rings (SSSR count). The largest absolute Gasteiger partial charge is 0.479 e. The number of halogens is 2. The van der Waals surface area contributed by atoms with Crippen molar-refractivity contribution in [1.82, 2.24) is 0 Å². The van der Waals surface area contributed by atoms with E-state index in [2.05, 4.69) is 0 Å². The van der Waals surface area contributed by atoms with Gasteiger partial charge in [-0.05, 0) is 0 Å². The van der Waals surface area contributed by atoms with Gasteiger partial charge in [0.05, 0.1) is 0 Å². The molecule has 43 valence electrons. The first-order valence-corrected chi connectivity index (χ1v) is 2.03. The van der Waals surface area contributed by atoms with Crippen LogP contribution in [0.25, 0.3) is 0 Å². The van der Waals surface area contributed by atoms with E-state index in [9.17, 15) is 4.79 Å². The normalized spacial score (nSPS) is 7.86. The van der Waals surface area contributed by atoms with Crippen molar-refractivity contribution in [2.24, 2.45) is 0 Å². The molecule has 0 saturated heterocycles. The summed E-state index contributed by atoms with van der Waals surface area (Å²) in [6, 6.07) is 0. The van der Waals surface area contributed by atoms with Gasteiger partial charge < -0.3 is 5.11 Å². The third-order valence-corrected chi connectivity index (χ3v) is 0.560. The molecule has 0 amide bonds. The fraction of sp³-hybridized carbons (Fsp3) is 0.500. The minimum absolute atomic E-state index is 0. The van der Waals surface area contributed by atoms with Crippen LogP contribution in [0.4, 0.5) is 0 Å². The van der Waals surface area contributed by atoms with E-state index in [1.54, 1.807) is 0 Å². The van der Waals surface area contributed by atoms with Crippen LogP contribution in [0.3, 0.4) is 0 Å². The molecule has 0 fully saturated rings. The first-order valence-electron chi connectivity index (χ1n) is 1.15. The molecule has 0 aliphatic carbocycles. The Bertz CT molecular complexity index is 64.7. The van der Waals surface area contributed by atoms with Crippen molar-refractivity contribution in [3.63, 3.8) is 0 Å². The van der Waals surface area contributed by atoms with Crippen LogP contribution in [-0.4, -0.2) is 15.9 Å². The molecule has 0 aromatic heterocycles. The topological polar surface area (TPSA) is 37.3 Å². The molecule has 0 aromatic carbocycles. The third-order valence-electron chi connectivity index (χ3n) is 0.187. The summed E-state index contributed by atoms with van der Waals surface area (Å²) in [4.78, 5) is 8.15. The van der Waals surface area contributed by atoms with Gasteiger partial charge in [-0.15, -0.1) is 0 Å². The second kappa shape index (κ2) is 4.72. The first-order chi connectivity index (χ1) is 2.64. The molecule has 7 heavy (non-hydrogen) atoms. The van der Waals surface area contributed by atoms with Crippen LogP contribution in [0.15, 0.2) is 0 Å². The quantitative estimate of drug-likeness (QED) is 0.484. The minimum Gasteiger partial charge on any atom is -0.479 e. The maximum Gasteiger partial charge on any atom is 0.337 e. The van der Waals surface area contributed by atoms with Crippen LogP contribution in [-0.2, 0) is 21.9 Å². The molecule has 0 spiro atoms. The number of rotatable bonds is 1. The molecule has 5 heteroatoms. The molecule has 2 nitrogen and oxygen atoms in total. The second-order valence-corrected chi connectivity index (χ2v) is 1.74. The van der Waals surface area contributed by atoms with Gasteiger partial charge in [-0.1, -0.05) is 23.2 Å². The van der Waals surface area contributed by atoms with Gasteiger partial charge in [-0.3, -0.25) is 0 Å². The second-order valence-electron chi connectivity index (χ2n) is 0.639. The summed E-state index contributed by atoms with van der Waals surface area (Å²) in [6.45, 7) is 0. The first kappa shape index (κ1) is 10.5. The van der Waals surface area contributed by atoms with Crippen molar-refractivity contribution in [2.45, 2.75) is 4.84 Å². The number of carbonyl (C=O) groups is 1.